The van der Waals surface area contributed by atoms with Crippen molar-refractivity contribution >= 4 is 28.5 Å². The summed E-state index contributed by atoms with van der Waals surface area (Å²) in [5.74, 6) is -0.377. The van der Waals surface area contributed by atoms with Gasteiger partial charge in [-0.2, -0.15) is 0 Å². The lowest BCUT2D eigenvalue weighted by Gasteiger charge is -2.11. The third kappa shape index (κ3) is 3.35. The standard InChI is InChI=1S/C19H22N4O4/c1-4-27-10-6-9-22-15(20)13(19(25)26-3)11-14-17(22)21-16-12(2)7-5-8-23(16)18(14)24/h5,7-8,11,20H,4,6,9-10H2,1-3H3/p+1. The van der Waals surface area contributed by atoms with E-state index in [-0.39, 0.29) is 16.9 Å². The molecular weight excluding hydrogens is 348 g/mol. The first kappa shape index (κ1) is 18.8. The first-order valence-electron chi connectivity index (χ1n) is 8.79. The summed E-state index contributed by atoms with van der Waals surface area (Å²) in [6.07, 6.45) is 2.32. The van der Waals surface area contributed by atoms with E-state index in [1.807, 2.05) is 19.9 Å². The van der Waals surface area contributed by atoms with Crippen molar-refractivity contribution in [3.05, 3.63) is 45.9 Å². The molecule has 0 aliphatic heterocycles. The fourth-order valence-electron chi connectivity index (χ4n) is 3.08. The first-order chi connectivity index (χ1) is 13.0. The van der Waals surface area contributed by atoms with Crippen LogP contribution in [0.25, 0.3) is 16.7 Å². The van der Waals surface area contributed by atoms with E-state index in [1.165, 1.54) is 17.6 Å². The van der Waals surface area contributed by atoms with Crippen LogP contribution >= 0.6 is 0 Å². The number of anilines is 1. The van der Waals surface area contributed by atoms with Crippen molar-refractivity contribution in [1.82, 2.24) is 9.38 Å². The highest BCUT2D eigenvalue weighted by atomic mass is 16.5. The molecule has 3 rings (SSSR count). The topological polar surface area (TPSA) is 99.8 Å². The monoisotopic (exact) mass is 371 g/mol. The lowest BCUT2D eigenvalue weighted by Crippen LogP contribution is -2.42. The minimum Gasteiger partial charge on any atom is -0.465 e. The molecule has 0 bridgehead atoms. The Balaban J connectivity index is 2.31. The van der Waals surface area contributed by atoms with E-state index >= 15 is 0 Å². The Hall–Kier alpha value is -3.00. The van der Waals surface area contributed by atoms with Crippen molar-refractivity contribution in [2.45, 2.75) is 26.8 Å². The smallest absolute Gasteiger partial charge is 0.344 e. The summed E-state index contributed by atoms with van der Waals surface area (Å²) < 4.78 is 13.4. The van der Waals surface area contributed by atoms with Gasteiger partial charge < -0.3 is 15.2 Å². The van der Waals surface area contributed by atoms with Gasteiger partial charge in [-0.1, -0.05) is 11.1 Å². The molecule has 0 spiro atoms. The van der Waals surface area contributed by atoms with Crippen LogP contribution in [0.2, 0.25) is 0 Å². The van der Waals surface area contributed by atoms with Gasteiger partial charge in [0.25, 0.3) is 11.2 Å². The van der Waals surface area contributed by atoms with Crippen molar-refractivity contribution in [2.24, 2.45) is 0 Å². The fraction of sp³-hybridized carbons (Fsp3) is 0.368. The molecule has 3 aromatic heterocycles. The van der Waals surface area contributed by atoms with Crippen LogP contribution in [0.15, 0.2) is 29.2 Å². The Morgan fingerprint density at radius 1 is 1.41 bits per heavy atom. The summed E-state index contributed by atoms with van der Waals surface area (Å²) >= 11 is 0. The molecule has 0 unspecified atom stereocenters. The number of aryl methyl sites for hydroxylation is 2. The lowest BCUT2D eigenvalue weighted by molar-refractivity contribution is -0.659. The van der Waals surface area contributed by atoms with E-state index in [0.717, 1.165) is 5.56 Å². The zero-order chi connectivity index (χ0) is 19.6. The van der Waals surface area contributed by atoms with Gasteiger partial charge in [0.15, 0.2) is 0 Å². The van der Waals surface area contributed by atoms with Crippen molar-refractivity contribution < 1.29 is 18.8 Å². The zero-order valence-electron chi connectivity index (χ0n) is 15.7. The van der Waals surface area contributed by atoms with Gasteiger partial charge in [-0.25, -0.2) is 9.36 Å². The molecule has 0 radical (unpaired) electrons. The zero-order valence-corrected chi connectivity index (χ0v) is 15.7. The van der Waals surface area contributed by atoms with Gasteiger partial charge in [-0.05, 0) is 26.0 Å². The number of aromatic nitrogens is 3. The van der Waals surface area contributed by atoms with Crippen LogP contribution in [0.1, 0.15) is 29.3 Å². The van der Waals surface area contributed by atoms with Gasteiger partial charge in [-0.15, -0.1) is 0 Å². The number of nitrogens with zero attached hydrogens (tertiary/aromatic N) is 3. The summed E-state index contributed by atoms with van der Waals surface area (Å²) in [5.41, 5.74) is 7.99. The molecule has 0 atom stereocenters. The molecule has 0 fully saturated rings. The van der Waals surface area contributed by atoms with E-state index in [4.69, 9.17) is 15.2 Å². The molecule has 8 nitrogen and oxygen atoms in total. The molecule has 8 heteroatoms. The molecule has 0 saturated carbocycles. The van der Waals surface area contributed by atoms with Crippen LogP contribution in [0.3, 0.4) is 0 Å². The minimum absolute atomic E-state index is 0.146. The van der Waals surface area contributed by atoms with Gasteiger partial charge in [-0.3, -0.25) is 9.20 Å². The molecule has 0 amide bonds. The Kier molecular flexibility index (Phi) is 5.36. The number of rotatable bonds is 6. The maximum atomic E-state index is 13.0. The highest BCUT2D eigenvalue weighted by Crippen LogP contribution is 2.16. The Labute approximate surface area is 156 Å². The summed E-state index contributed by atoms with van der Waals surface area (Å²) in [7, 11) is 1.28. The number of fused-ring (bicyclic) bond motifs is 2. The third-order valence-corrected chi connectivity index (χ3v) is 4.46. The van der Waals surface area contributed by atoms with Crippen LogP contribution in [-0.2, 0) is 16.0 Å². The van der Waals surface area contributed by atoms with Crippen LogP contribution < -0.4 is 15.9 Å². The average molecular weight is 371 g/mol. The highest BCUT2D eigenvalue weighted by molar-refractivity contribution is 5.96. The molecule has 0 aromatic carbocycles. The normalized spacial score (nSPS) is 11.2. The number of methoxy groups -OCH3 is 1. The predicted molar refractivity (Wildman–Crippen MR) is 101 cm³/mol. The van der Waals surface area contributed by atoms with Gasteiger partial charge in [0.2, 0.25) is 11.5 Å². The Morgan fingerprint density at radius 3 is 2.89 bits per heavy atom. The van der Waals surface area contributed by atoms with E-state index in [1.54, 1.807) is 16.8 Å². The molecular formula is C19H23N4O4+. The van der Waals surface area contributed by atoms with Gasteiger partial charge in [0, 0.05) is 31.4 Å². The molecule has 0 aliphatic rings. The number of hydrogen-bond donors (Lipinski definition) is 1. The molecule has 2 N–H and O–H groups in total. The maximum absolute atomic E-state index is 13.0. The van der Waals surface area contributed by atoms with Gasteiger partial charge >= 0.3 is 5.97 Å². The van der Waals surface area contributed by atoms with E-state index < -0.39 is 5.97 Å². The van der Waals surface area contributed by atoms with Gasteiger partial charge in [0.1, 0.15) is 10.9 Å². The van der Waals surface area contributed by atoms with Gasteiger partial charge in [0.05, 0.1) is 13.7 Å². The van der Waals surface area contributed by atoms with E-state index in [0.29, 0.717) is 42.9 Å². The number of nitrogens with two attached hydrogens (primary N) is 1. The predicted octanol–water partition coefficient (Wildman–Crippen LogP) is 1.24. The molecule has 0 saturated heterocycles. The summed E-state index contributed by atoms with van der Waals surface area (Å²) in [5, 5.41) is 0.309. The number of carbonyl (C=O) groups excluding carboxylic acids is 1. The summed E-state index contributed by atoms with van der Waals surface area (Å²) in [6.45, 7) is 5.43. The van der Waals surface area contributed by atoms with Crippen molar-refractivity contribution in [3.63, 3.8) is 0 Å². The number of carbonyl (C=O) groups is 1. The number of nitrogen functional groups attached to an aromatic ring is 1. The second-order valence-electron chi connectivity index (χ2n) is 6.18. The number of ether oxygens (including phenoxy) is 2. The van der Waals surface area contributed by atoms with E-state index in [2.05, 4.69) is 4.98 Å². The largest absolute Gasteiger partial charge is 0.465 e. The summed E-state index contributed by atoms with van der Waals surface area (Å²) in [4.78, 5) is 29.9. The van der Waals surface area contributed by atoms with Crippen molar-refractivity contribution in [1.29, 1.82) is 0 Å². The van der Waals surface area contributed by atoms with Crippen LogP contribution in [0.4, 0.5) is 5.82 Å². The third-order valence-electron chi connectivity index (χ3n) is 4.46. The molecule has 3 heterocycles. The number of hydrogen-bond acceptors (Lipinski definition) is 6. The van der Waals surface area contributed by atoms with Crippen molar-refractivity contribution in [2.75, 3.05) is 26.1 Å². The summed E-state index contributed by atoms with van der Waals surface area (Å²) in [6, 6.07) is 5.13. The van der Waals surface area contributed by atoms with Crippen LogP contribution in [-0.4, -0.2) is 35.7 Å². The number of esters is 1. The second-order valence-corrected chi connectivity index (χ2v) is 6.18. The Bertz CT molecular complexity index is 1070. The maximum Gasteiger partial charge on any atom is 0.344 e. The van der Waals surface area contributed by atoms with E-state index in [9.17, 15) is 9.59 Å². The lowest BCUT2D eigenvalue weighted by atomic mass is 10.2. The minimum atomic E-state index is -0.596. The molecule has 142 valence electrons. The average Bonchev–Trinajstić information content (AvgIpc) is 2.67. The van der Waals surface area contributed by atoms with Crippen LogP contribution in [0, 0.1) is 6.92 Å². The first-order valence-corrected chi connectivity index (χ1v) is 8.79. The van der Waals surface area contributed by atoms with Crippen LogP contribution in [0.5, 0.6) is 0 Å². The molecule has 27 heavy (non-hydrogen) atoms. The number of pyridine rings is 2. The SMILES string of the molecule is CCOCCC[n+]1c(N)c(C(=O)OC)cc2c(=O)n3cccc(C)c3nc21. The van der Waals surface area contributed by atoms with Crippen molar-refractivity contribution in [3.8, 4) is 0 Å². The Morgan fingerprint density at radius 2 is 2.19 bits per heavy atom. The second kappa shape index (κ2) is 7.71. The highest BCUT2D eigenvalue weighted by Gasteiger charge is 2.25. The molecule has 0 aliphatic carbocycles. The molecule has 3 aromatic rings. The fourth-order valence-corrected chi connectivity index (χ4v) is 3.08. The quantitative estimate of drug-likeness (QED) is 0.303.